The van der Waals surface area contributed by atoms with Gasteiger partial charge in [-0.1, -0.05) is 26.6 Å². The Morgan fingerprint density at radius 2 is 2.04 bits per heavy atom. The van der Waals surface area contributed by atoms with E-state index in [0.717, 1.165) is 47.9 Å². The SMILES string of the molecule is CC1CCC(c2ccc3c(ccc(=O)n3COCC[Si](C)(C)C)n2)=NC1. The van der Waals surface area contributed by atoms with Crippen LogP contribution in [-0.4, -0.2) is 36.5 Å². The average Bonchev–Trinajstić information content (AvgIpc) is 2.59. The first kappa shape index (κ1) is 19.0. The first-order valence-corrected chi connectivity index (χ1v) is 13.2. The Hall–Kier alpha value is -1.79. The zero-order valence-corrected chi connectivity index (χ0v) is 17.3. The molecule has 0 bridgehead atoms. The van der Waals surface area contributed by atoms with E-state index in [2.05, 4.69) is 31.6 Å². The maximum atomic E-state index is 12.3. The van der Waals surface area contributed by atoms with Crippen LogP contribution in [0.15, 0.2) is 34.1 Å². The summed E-state index contributed by atoms with van der Waals surface area (Å²) in [5, 5.41) is 0. The summed E-state index contributed by atoms with van der Waals surface area (Å²) in [6, 6.07) is 8.42. The highest BCUT2D eigenvalue weighted by molar-refractivity contribution is 6.76. The Morgan fingerprint density at radius 3 is 2.73 bits per heavy atom. The second-order valence-corrected chi connectivity index (χ2v) is 14.1. The van der Waals surface area contributed by atoms with Crippen LogP contribution < -0.4 is 5.56 Å². The van der Waals surface area contributed by atoms with Gasteiger partial charge in [-0.15, -0.1) is 0 Å². The van der Waals surface area contributed by atoms with E-state index in [9.17, 15) is 4.79 Å². The van der Waals surface area contributed by atoms with Crippen LogP contribution in [0.1, 0.15) is 25.5 Å². The molecule has 0 radical (unpaired) electrons. The number of aromatic nitrogens is 2. The number of pyridine rings is 2. The molecule has 1 unspecified atom stereocenters. The van der Waals surface area contributed by atoms with Crippen LogP contribution >= 0.6 is 0 Å². The van der Waals surface area contributed by atoms with Gasteiger partial charge < -0.3 is 4.74 Å². The summed E-state index contributed by atoms with van der Waals surface area (Å²) in [5.41, 5.74) is 3.59. The van der Waals surface area contributed by atoms with Crippen molar-refractivity contribution in [1.29, 1.82) is 0 Å². The topological polar surface area (TPSA) is 56.5 Å². The van der Waals surface area contributed by atoms with Gasteiger partial charge >= 0.3 is 0 Å². The van der Waals surface area contributed by atoms with Crippen LogP contribution in [-0.2, 0) is 11.5 Å². The van der Waals surface area contributed by atoms with Crippen molar-refractivity contribution < 1.29 is 4.74 Å². The lowest BCUT2D eigenvalue weighted by atomic mass is 9.98. The molecular weight excluding hydrogens is 342 g/mol. The molecule has 1 aliphatic rings. The summed E-state index contributed by atoms with van der Waals surface area (Å²) in [6.45, 7) is 11.0. The van der Waals surface area contributed by atoms with Crippen molar-refractivity contribution in [3.63, 3.8) is 0 Å². The quantitative estimate of drug-likeness (QED) is 0.571. The fourth-order valence-electron chi connectivity index (χ4n) is 3.03. The predicted molar refractivity (Wildman–Crippen MR) is 110 cm³/mol. The summed E-state index contributed by atoms with van der Waals surface area (Å²) in [6.07, 6.45) is 2.13. The first-order valence-electron chi connectivity index (χ1n) is 9.45. The summed E-state index contributed by atoms with van der Waals surface area (Å²) >= 11 is 0. The lowest BCUT2D eigenvalue weighted by Gasteiger charge is -2.18. The third-order valence-corrected chi connectivity index (χ3v) is 6.53. The average molecular weight is 372 g/mol. The van der Waals surface area contributed by atoms with Gasteiger partial charge in [-0.25, -0.2) is 4.98 Å². The van der Waals surface area contributed by atoms with E-state index in [1.165, 1.54) is 0 Å². The Labute approximate surface area is 156 Å². The van der Waals surface area contributed by atoms with Crippen LogP contribution in [0.2, 0.25) is 25.7 Å². The minimum absolute atomic E-state index is 0.0520. The molecule has 1 atom stereocenters. The van der Waals surface area contributed by atoms with Crippen molar-refractivity contribution >= 4 is 24.8 Å². The number of hydrogen-bond donors (Lipinski definition) is 0. The summed E-state index contributed by atoms with van der Waals surface area (Å²) in [7, 11) is -1.13. The summed E-state index contributed by atoms with van der Waals surface area (Å²) < 4.78 is 7.46. The second-order valence-electron chi connectivity index (χ2n) is 8.48. The number of fused-ring (bicyclic) bond motifs is 1. The third-order valence-electron chi connectivity index (χ3n) is 4.82. The maximum absolute atomic E-state index is 12.3. The Morgan fingerprint density at radius 1 is 1.23 bits per heavy atom. The standard InChI is InChI=1S/C20H29N3O2Si/c1-15-5-6-16(21-13-15)17-7-9-19-18(22-17)8-10-20(24)23(19)14-25-11-12-26(2,3)4/h7-10,15H,5-6,11-14H2,1-4H3. The van der Waals surface area contributed by atoms with Crippen LogP contribution in [0.5, 0.6) is 0 Å². The summed E-state index contributed by atoms with van der Waals surface area (Å²) in [5.74, 6) is 0.651. The minimum Gasteiger partial charge on any atom is -0.361 e. The lowest BCUT2D eigenvalue weighted by Crippen LogP contribution is -2.25. The van der Waals surface area contributed by atoms with Crippen molar-refractivity contribution in [1.82, 2.24) is 9.55 Å². The molecule has 0 aliphatic carbocycles. The van der Waals surface area contributed by atoms with Crippen LogP contribution in [0.3, 0.4) is 0 Å². The van der Waals surface area contributed by atoms with Gasteiger partial charge in [0.15, 0.2) is 0 Å². The number of ether oxygens (including phenoxy) is 1. The van der Waals surface area contributed by atoms with Gasteiger partial charge in [0.2, 0.25) is 0 Å². The normalized spacial score (nSPS) is 18.2. The van der Waals surface area contributed by atoms with Gasteiger partial charge in [0.05, 0.1) is 22.4 Å². The monoisotopic (exact) mass is 371 g/mol. The molecule has 3 rings (SSSR count). The molecule has 140 valence electrons. The van der Waals surface area contributed by atoms with E-state index in [-0.39, 0.29) is 12.3 Å². The first-order chi connectivity index (χ1) is 12.3. The van der Waals surface area contributed by atoms with Gasteiger partial charge in [-0.3, -0.25) is 14.4 Å². The molecule has 0 saturated carbocycles. The molecule has 26 heavy (non-hydrogen) atoms. The molecule has 0 saturated heterocycles. The molecular formula is C20H29N3O2Si. The molecule has 5 nitrogen and oxygen atoms in total. The van der Waals surface area contributed by atoms with Gasteiger partial charge in [0.1, 0.15) is 6.73 Å². The zero-order chi connectivity index (χ0) is 18.7. The van der Waals surface area contributed by atoms with Crippen molar-refractivity contribution in [3.8, 4) is 0 Å². The molecule has 2 aromatic heterocycles. The molecule has 0 spiro atoms. The highest BCUT2D eigenvalue weighted by Crippen LogP contribution is 2.19. The Kier molecular flexibility index (Phi) is 5.72. The van der Waals surface area contributed by atoms with Gasteiger partial charge in [0.25, 0.3) is 5.56 Å². The van der Waals surface area contributed by atoms with E-state index >= 15 is 0 Å². The van der Waals surface area contributed by atoms with Crippen LogP contribution in [0.4, 0.5) is 0 Å². The van der Waals surface area contributed by atoms with Crippen LogP contribution in [0, 0.1) is 5.92 Å². The van der Waals surface area contributed by atoms with Gasteiger partial charge in [-0.2, -0.15) is 0 Å². The fraction of sp³-hybridized carbons (Fsp3) is 0.550. The highest BCUT2D eigenvalue weighted by Gasteiger charge is 2.15. The van der Waals surface area contributed by atoms with E-state index in [1.807, 2.05) is 12.1 Å². The predicted octanol–water partition coefficient (Wildman–Crippen LogP) is 3.93. The lowest BCUT2D eigenvalue weighted by molar-refractivity contribution is 0.0878. The van der Waals surface area contributed by atoms with E-state index in [4.69, 9.17) is 9.72 Å². The van der Waals surface area contributed by atoms with Crippen LogP contribution in [0.25, 0.3) is 11.0 Å². The minimum atomic E-state index is -1.13. The molecule has 2 aromatic rings. The third kappa shape index (κ3) is 4.68. The number of aliphatic imine (C=N–C) groups is 1. The molecule has 0 aromatic carbocycles. The van der Waals surface area contributed by atoms with E-state index in [0.29, 0.717) is 12.5 Å². The molecule has 0 N–H and O–H groups in total. The van der Waals surface area contributed by atoms with Crippen molar-refractivity contribution in [2.45, 2.75) is 52.2 Å². The largest absolute Gasteiger partial charge is 0.361 e. The van der Waals surface area contributed by atoms with Gasteiger partial charge in [0, 0.05) is 27.3 Å². The van der Waals surface area contributed by atoms with Crippen molar-refractivity contribution in [2.24, 2.45) is 10.9 Å². The second kappa shape index (κ2) is 7.84. The number of hydrogen-bond acceptors (Lipinski definition) is 4. The molecule has 3 heterocycles. The molecule has 0 amide bonds. The van der Waals surface area contributed by atoms with Crippen molar-refractivity contribution in [2.75, 3.05) is 13.2 Å². The molecule has 6 heteroatoms. The summed E-state index contributed by atoms with van der Waals surface area (Å²) in [4.78, 5) is 21.7. The number of nitrogens with zero attached hydrogens (tertiary/aromatic N) is 3. The van der Waals surface area contributed by atoms with E-state index < -0.39 is 8.07 Å². The fourth-order valence-corrected chi connectivity index (χ4v) is 3.79. The number of rotatable bonds is 6. The zero-order valence-electron chi connectivity index (χ0n) is 16.3. The smallest absolute Gasteiger partial charge is 0.253 e. The Bertz CT molecular complexity index is 867. The Balaban J connectivity index is 1.81. The molecule has 0 fully saturated rings. The molecule has 1 aliphatic heterocycles. The van der Waals surface area contributed by atoms with E-state index in [1.54, 1.807) is 16.7 Å². The van der Waals surface area contributed by atoms with Gasteiger partial charge in [-0.05, 0) is 43.0 Å². The van der Waals surface area contributed by atoms with Crippen molar-refractivity contribution in [3.05, 3.63) is 40.3 Å². The maximum Gasteiger partial charge on any atom is 0.253 e. The highest BCUT2D eigenvalue weighted by atomic mass is 28.3.